The number of nitrogens with one attached hydrogen (secondary N) is 1. The van der Waals surface area contributed by atoms with Crippen molar-refractivity contribution in [2.45, 2.75) is 58.7 Å². The standard InChI is InChI=1S/C25H33N3O4/c1-4-13-26-23(29)22-20-12-15-27(24(30)21(5-2)32-3)16-19(20)17-28(25(22)31)14-11-18-9-7-6-8-10-18/h6-10,17,21H,4-5,11-16H2,1-3H3,(H,26,29). The molecule has 32 heavy (non-hydrogen) atoms. The number of carbonyl (C=O) groups excluding carboxylic acids is 2. The van der Waals surface area contributed by atoms with Gasteiger partial charge in [0.1, 0.15) is 11.7 Å². The van der Waals surface area contributed by atoms with Crippen LogP contribution in [-0.4, -0.2) is 47.6 Å². The molecule has 2 amide bonds. The van der Waals surface area contributed by atoms with Crippen molar-refractivity contribution in [1.29, 1.82) is 0 Å². The van der Waals surface area contributed by atoms with Crippen LogP contribution in [0.1, 0.15) is 53.7 Å². The lowest BCUT2D eigenvalue weighted by Gasteiger charge is -2.32. The van der Waals surface area contributed by atoms with Gasteiger partial charge in [-0.2, -0.15) is 0 Å². The van der Waals surface area contributed by atoms with Gasteiger partial charge in [0.15, 0.2) is 0 Å². The molecule has 0 saturated carbocycles. The number of hydrogen-bond donors (Lipinski definition) is 1. The molecule has 7 heteroatoms. The Kier molecular flexibility index (Phi) is 8.22. The minimum atomic E-state index is -0.479. The number of aromatic nitrogens is 1. The highest BCUT2D eigenvalue weighted by Gasteiger charge is 2.30. The second kappa shape index (κ2) is 11.1. The Balaban J connectivity index is 1.95. The fourth-order valence-electron chi connectivity index (χ4n) is 4.17. The number of fused-ring (bicyclic) bond motifs is 1. The normalized spacial score (nSPS) is 14.0. The van der Waals surface area contributed by atoms with Crippen molar-refractivity contribution in [3.8, 4) is 0 Å². The molecule has 3 rings (SSSR count). The maximum absolute atomic E-state index is 13.3. The van der Waals surface area contributed by atoms with E-state index in [1.54, 1.807) is 16.6 Å². The van der Waals surface area contributed by atoms with Crippen LogP contribution in [0.15, 0.2) is 41.3 Å². The Labute approximate surface area is 189 Å². The Hall–Kier alpha value is -2.93. The summed E-state index contributed by atoms with van der Waals surface area (Å²) in [5.41, 5.74) is 2.68. The van der Waals surface area contributed by atoms with Crippen LogP contribution < -0.4 is 10.9 Å². The largest absolute Gasteiger partial charge is 0.372 e. The van der Waals surface area contributed by atoms with Gasteiger partial charge >= 0.3 is 0 Å². The second-order valence-corrected chi connectivity index (χ2v) is 8.14. The highest BCUT2D eigenvalue weighted by atomic mass is 16.5. The van der Waals surface area contributed by atoms with E-state index in [2.05, 4.69) is 5.32 Å². The zero-order valence-electron chi connectivity index (χ0n) is 19.2. The molecule has 0 saturated heterocycles. The Morgan fingerprint density at radius 2 is 1.94 bits per heavy atom. The van der Waals surface area contributed by atoms with Crippen molar-refractivity contribution in [3.05, 3.63) is 69.1 Å². The van der Waals surface area contributed by atoms with E-state index in [1.165, 1.54) is 0 Å². The van der Waals surface area contributed by atoms with E-state index in [1.807, 2.05) is 50.4 Å². The lowest BCUT2D eigenvalue weighted by atomic mass is 9.95. The first-order chi connectivity index (χ1) is 15.5. The third-order valence-corrected chi connectivity index (χ3v) is 5.96. The summed E-state index contributed by atoms with van der Waals surface area (Å²) in [4.78, 5) is 40.8. The van der Waals surface area contributed by atoms with E-state index in [4.69, 9.17) is 4.74 Å². The van der Waals surface area contributed by atoms with Gasteiger partial charge in [-0.15, -0.1) is 0 Å². The predicted octanol–water partition coefficient (Wildman–Crippen LogP) is 2.54. The third-order valence-electron chi connectivity index (χ3n) is 5.96. The Morgan fingerprint density at radius 3 is 2.59 bits per heavy atom. The zero-order chi connectivity index (χ0) is 23.1. The van der Waals surface area contributed by atoms with E-state index >= 15 is 0 Å². The maximum Gasteiger partial charge on any atom is 0.263 e. The van der Waals surface area contributed by atoms with Gasteiger partial charge in [0.2, 0.25) is 0 Å². The molecule has 0 fully saturated rings. The van der Waals surface area contributed by atoms with E-state index < -0.39 is 6.10 Å². The van der Waals surface area contributed by atoms with Gasteiger partial charge in [-0.1, -0.05) is 44.2 Å². The van der Waals surface area contributed by atoms with Crippen molar-refractivity contribution in [2.24, 2.45) is 0 Å². The molecule has 2 aromatic rings. The van der Waals surface area contributed by atoms with Crippen LogP contribution in [0.4, 0.5) is 0 Å². The lowest BCUT2D eigenvalue weighted by molar-refractivity contribution is -0.143. The molecule has 1 N–H and O–H groups in total. The topological polar surface area (TPSA) is 80.6 Å². The van der Waals surface area contributed by atoms with Crippen molar-refractivity contribution in [3.63, 3.8) is 0 Å². The van der Waals surface area contributed by atoms with Crippen molar-refractivity contribution in [1.82, 2.24) is 14.8 Å². The van der Waals surface area contributed by atoms with Crippen LogP contribution in [-0.2, 0) is 35.5 Å². The summed E-state index contributed by atoms with van der Waals surface area (Å²) in [5.74, 6) is -0.384. The molecule has 0 bridgehead atoms. The van der Waals surface area contributed by atoms with Gasteiger partial charge in [0, 0.05) is 39.5 Å². The minimum Gasteiger partial charge on any atom is -0.372 e. The van der Waals surface area contributed by atoms with Gasteiger partial charge < -0.3 is 19.5 Å². The van der Waals surface area contributed by atoms with E-state index in [0.717, 1.165) is 23.1 Å². The van der Waals surface area contributed by atoms with Crippen LogP contribution >= 0.6 is 0 Å². The molecular weight excluding hydrogens is 406 g/mol. The smallest absolute Gasteiger partial charge is 0.263 e. The van der Waals surface area contributed by atoms with Crippen LogP contribution in [0.25, 0.3) is 0 Å². The maximum atomic E-state index is 13.3. The molecule has 2 heterocycles. The average Bonchev–Trinajstić information content (AvgIpc) is 2.82. The number of rotatable bonds is 9. The van der Waals surface area contributed by atoms with Gasteiger partial charge in [-0.05, 0) is 42.4 Å². The fraction of sp³-hybridized carbons (Fsp3) is 0.480. The number of pyridine rings is 1. The molecule has 7 nitrogen and oxygen atoms in total. The first-order valence-corrected chi connectivity index (χ1v) is 11.4. The Bertz CT molecular complexity index is 996. The molecule has 1 unspecified atom stereocenters. The first-order valence-electron chi connectivity index (χ1n) is 11.4. The summed E-state index contributed by atoms with van der Waals surface area (Å²) >= 11 is 0. The third kappa shape index (κ3) is 5.27. The number of hydrogen-bond acceptors (Lipinski definition) is 4. The van der Waals surface area contributed by atoms with E-state index in [-0.39, 0.29) is 22.9 Å². The van der Waals surface area contributed by atoms with Gasteiger partial charge in [-0.3, -0.25) is 14.4 Å². The molecule has 1 aromatic heterocycles. The number of nitrogens with zero attached hydrogens (tertiary/aromatic N) is 2. The van der Waals surface area contributed by atoms with Crippen LogP contribution in [0, 0.1) is 0 Å². The molecule has 0 spiro atoms. The fourth-order valence-corrected chi connectivity index (χ4v) is 4.17. The van der Waals surface area contributed by atoms with Crippen molar-refractivity contribution >= 4 is 11.8 Å². The van der Waals surface area contributed by atoms with E-state index in [9.17, 15) is 14.4 Å². The number of ether oxygens (including phenoxy) is 1. The number of benzene rings is 1. The zero-order valence-corrected chi connectivity index (χ0v) is 19.2. The summed E-state index contributed by atoms with van der Waals surface area (Å²) in [6, 6.07) is 9.94. The Morgan fingerprint density at radius 1 is 1.19 bits per heavy atom. The molecule has 1 aliphatic heterocycles. The highest BCUT2D eigenvalue weighted by Crippen LogP contribution is 2.22. The number of methoxy groups -OCH3 is 1. The summed E-state index contributed by atoms with van der Waals surface area (Å²) in [6.07, 6.45) is 3.89. The monoisotopic (exact) mass is 439 g/mol. The lowest BCUT2D eigenvalue weighted by Crippen LogP contribution is -2.45. The predicted molar refractivity (Wildman–Crippen MR) is 124 cm³/mol. The van der Waals surface area contributed by atoms with Gasteiger partial charge in [0.05, 0.1) is 0 Å². The minimum absolute atomic E-state index is 0.0559. The molecule has 1 atom stereocenters. The van der Waals surface area contributed by atoms with Crippen LogP contribution in [0.2, 0.25) is 0 Å². The van der Waals surface area contributed by atoms with Crippen molar-refractivity contribution in [2.75, 3.05) is 20.2 Å². The second-order valence-electron chi connectivity index (χ2n) is 8.14. The molecule has 172 valence electrons. The highest BCUT2D eigenvalue weighted by molar-refractivity contribution is 5.95. The number of carbonyl (C=O) groups is 2. The van der Waals surface area contributed by atoms with E-state index in [0.29, 0.717) is 45.4 Å². The first kappa shape index (κ1) is 23.7. The molecule has 1 aliphatic rings. The van der Waals surface area contributed by atoms with Gasteiger partial charge in [-0.25, -0.2) is 0 Å². The quantitative estimate of drug-likeness (QED) is 0.651. The summed E-state index contributed by atoms with van der Waals surface area (Å²) in [5, 5.41) is 2.86. The number of amides is 2. The molecular formula is C25H33N3O4. The summed E-state index contributed by atoms with van der Waals surface area (Å²) in [6.45, 7) is 5.71. The summed E-state index contributed by atoms with van der Waals surface area (Å²) in [7, 11) is 1.54. The van der Waals surface area contributed by atoms with Crippen molar-refractivity contribution < 1.29 is 14.3 Å². The molecule has 0 radical (unpaired) electrons. The number of aryl methyl sites for hydroxylation is 2. The average molecular weight is 440 g/mol. The van der Waals surface area contributed by atoms with Crippen LogP contribution in [0.3, 0.4) is 0 Å². The molecule has 1 aromatic carbocycles. The molecule has 0 aliphatic carbocycles. The van der Waals surface area contributed by atoms with Crippen LogP contribution in [0.5, 0.6) is 0 Å². The SMILES string of the molecule is CCCNC(=O)c1c2c(cn(CCc3ccccc3)c1=O)CN(C(=O)C(CC)OC)CC2. The van der Waals surface area contributed by atoms with Gasteiger partial charge in [0.25, 0.3) is 17.4 Å². The summed E-state index contributed by atoms with van der Waals surface area (Å²) < 4.78 is 6.95.